The van der Waals surface area contributed by atoms with Crippen molar-refractivity contribution in [3.63, 3.8) is 0 Å². The van der Waals surface area contributed by atoms with Gasteiger partial charge in [0.1, 0.15) is 0 Å². The molecule has 0 radical (unpaired) electrons. The molecule has 0 aromatic carbocycles. The molecule has 0 aliphatic heterocycles. The molecule has 0 amide bonds. The Labute approximate surface area is 102 Å². The van der Waals surface area contributed by atoms with Gasteiger partial charge in [0.2, 0.25) is 0 Å². The van der Waals surface area contributed by atoms with E-state index in [9.17, 15) is 0 Å². The fraction of sp³-hybridized carbons (Fsp3) is 0.857. The summed E-state index contributed by atoms with van der Waals surface area (Å²) in [6, 6.07) is 0.671. The van der Waals surface area contributed by atoms with Crippen LogP contribution in [-0.2, 0) is 0 Å². The van der Waals surface area contributed by atoms with Crippen LogP contribution in [0, 0.1) is 0 Å². The zero-order valence-electron chi connectivity index (χ0n) is 11.7. The highest BCUT2D eigenvalue weighted by atomic mass is 15.1. The minimum Gasteiger partial charge on any atom is -0.313 e. The van der Waals surface area contributed by atoms with Gasteiger partial charge in [-0.3, -0.25) is 4.90 Å². The minimum atomic E-state index is 0.671. The van der Waals surface area contributed by atoms with Gasteiger partial charge in [-0.25, -0.2) is 0 Å². The van der Waals surface area contributed by atoms with Crippen molar-refractivity contribution in [3.8, 4) is 0 Å². The first kappa shape index (κ1) is 15.7. The van der Waals surface area contributed by atoms with Crippen molar-refractivity contribution in [1.29, 1.82) is 0 Å². The van der Waals surface area contributed by atoms with E-state index < -0.39 is 0 Å². The lowest BCUT2D eigenvalue weighted by molar-refractivity contribution is 0.217. The van der Waals surface area contributed by atoms with E-state index in [4.69, 9.17) is 0 Å². The number of hydrogen-bond donors (Lipinski definition) is 1. The van der Waals surface area contributed by atoms with Crippen LogP contribution in [-0.4, -0.2) is 37.1 Å². The van der Waals surface area contributed by atoms with E-state index >= 15 is 0 Å². The second-order valence-corrected chi connectivity index (χ2v) is 4.61. The Morgan fingerprint density at radius 3 is 2.50 bits per heavy atom. The van der Waals surface area contributed by atoms with Crippen LogP contribution in [0.4, 0.5) is 0 Å². The molecule has 16 heavy (non-hydrogen) atoms. The number of nitrogens with one attached hydrogen (secondary N) is 1. The predicted octanol–water partition coefficient (Wildman–Crippen LogP) is 3.05. The van der Waals surface area contributed by atoms with Crippen LogP contribution in [0.5, 0.6) is 0 Å². The molecule has 0 spiro atoms. The Morgan fingerprint density at radius 1 is 1.31 bits per heavy atom. The molecule has 1 atom stereocenters. The molecule has 96 valence electrons. The third kappa shape index (κ3) is 7.02. The molecule has 1 unspecified atom stereocenters. The molecular formula is C14H30N2. The molecule has 0 fully saturated rings. The van der Waals surface area contributed by atoms with Crippen molar-refractivity contribution in [2.45, 2.75) is 53.0 Å². The molecule has 2 heteroatoms. The largest absolute Gasteiger partial charge is 0.313 e. The van der Waals surface area contributed by atoms with Gasteiger partial charge in [0.15, 0.2) is 0 Å². The molecule has 0 aromatic rings. The van der Waals surface area contributed by atoms with Crippen molar-refractivity contribution in [3.05, 3.63) is 12.2 Å². The van der Waals surface area contributed by atoms with Crippen molar-refractivity contribution < 1.29 is 0 Å². The summed E-state index contributed by atoms with van der Waals surface area (Å²) >= 11 is 0. The first-order chi connectivity index (χ1) is 7.65. The summed E-state index contributed by atoms with van der Waals surface area (Å²) in [5.41, 5.74) is 1.30. The summed E-state index contributed by atoms with van der Waals surface area (Å²) in [6.45, 7) is 17.3. The van der Waals surface area contributed by atoms with Gasteiger partial charge in [0.05, 0.1) is 0 Å². The fourth-order valence-corrected chi connectivity index (χ4v) is 1.72. The Kier molecular flexibility index (Phi) is 9.65. The van der Waals surface area contributed by atoms with Gasteiger partial charge in [-0.1, -0.05) is 33.8 Å². The van der Waals surface area contributed by atoms with Crippen LogP contribution < -0.4 is 5.32 Å². The molecule has 0 bridgehead atoms. The van der Waals surface area contributed by atoms with Crippen molar-refractivity contribution in [2.75, 3.05) is 26.2 Å². The summed E-state index contributed by atoms with van der Waals surface area (Å²) in [6.07, 6.45) is 3.78. The highest BCUT2D eigenvalue weighted by Gasteiger charge is 2.12. The zero-order chi connectivity index (χ0) is 12.4. The third-order valence-corrected chi connectivity index (χ3v) is 3.06. The smallest absolute Gasteiger partial charge is 0.0205 e. The van der Waals surface area contributed by atoms with Gasteiger partial charge in [0.25, 0.3) is 0 Å². The second kappa shape index (κ2) is 9.86. The lowest BCUT2D eigenvalue weighted by Crippen LogP contribution is -2.36. The molecule has 1 N–H and O–H groups in total. The van der Waals surface area contributed by atoms with Gasteiger partial charge >= 0.3 is 0 Å². The maximum atomic E-state index is 4.15. The molecule has 0 saturated carbocycles. The minimum absolute atomic E-state index is 0.671. The number of rotatable bonds is 10. The van der Waals surface area contributed by atoms with E-state index in [1.54, 1.807) is 0 Å². The van der Waals surface area contributed by atoms with Gasteiger partial charge in [-0.2, -0.15) is 0 Å². The van der Waals surface area contributed by atoms with E-state index in [1.807, 2.05) is 0 Å². The summed E-state index contributed by atoms with van der Waals surface area (Å²) < 4.78 is 0. The molecule has 0 aliphatic rings. The number of likely N-dealkylation sites (N-methyl/N-ethyl adjacent to an activating group) is 1. The lowest BCUT2D eigenvalue weighted by Gasteiger charge is -2.29. The van der Waals surface area contributed by atoms with E-state index in [2.05, 4.69) is 44.5 Å². The average molecular weight is 226 g/mol. The van der Waals surface area contributed by atoms with Gasteiger partial charge in [0, 0.05) is 19.1 Å². The van der Waals surface area contributed by atoms with Crippen LogP contribution >= 0.6 is 0 Å². The number of nitrogens with zero attached hydrogens (tertiary/aromatic N) is 1. The molecule has 0 aromatic heterocycles. The third-order valence-electron chi connectivity index (χ3n) is 3.06. The molecular weight excluding hydrogens is 196 g/mol. The Morgan fingerprint density at radius 2 is 2.00 bits per heavy atom. The first-order valence-corrected chi connectivity index (χ1v) is 6.77. The van der Waals surface area contributed by atoms with Crippen LogP contribution in [0.1, 0.15) is 47.0 Å². The van der Waals surface area contributed by atoms with Gasteiger partial charge < -0.3 is 5.32 Å². The number of unbranched alkanes of at least 4 members (excludes halogenated alkanes) is 1. The predicted molar refractivity (Wildman–Crippen MR) is 73.9 cm³/mol. The molecule has 0 rings (SSSR count). The highest BCUT2D eigenvalue weighted by Crippen LogP contribution is 2.08. The topological polar surface area (TPSA) is 15.3 Å². The van der Waals surface area contributed by atoms with E-state index in [-0.39, 0.29) is 0 Å². The fourth-order valence-electron chi connectivity index (χ4n) is 1.72. The van der Waals surface area contributed by atoms with Crippen molar-refractivity contribution in [2.24, 2.45) is 0 Å². The first-order valence-electron chi connectivity index (χ1n) is 6.77. The summed E-state index contributed by atoms with van der Waals surface area (Å²) in [5, 5.41) is 3.34. The van der Waals surface area contributed by atoms with Crippen LogP contribution in [0.25, 0.3) is 0 Å². The molecule has 0 heterocycles. The van der Waals surface area contributed by atoms with Crippen molar-refractivity contribution >= 4 is 0 Å². The van der Waals surface area contributed by atoms with Gasteiger partial charge in [-0.05, 0) is 38.4 Å². The SMILES string of the molecule is C=C(CNCC)CN(CCCC)C(C)CC. The van der Waals surface area contributed by atoms with E-state index in [0.717, 1.165) is 19.6 Å². The maximum Gasteiger partial charge on any atom is 0.0205 e. The monoisotopic (exact) mass is 226 g/mol. The second-order valence-electron chi connectivity index (χ2n) is 4.61. The molecule has 0 saturated heterocycles. The lowest BCUT2D eigenvalue weighted by atomic mass is 10.1. The standard InChI is InChI=1S/C14H30N2/c1-6-9-10-16(14(5)7-2)12-13(4)11-15-8-3/h14-15H,4,6-12H2,1-3,5H3. The Bertz CT molecular complexity index is 178. The zero-order valence-corrected chi connectivity index (χ0v) is 11.7. The van der Waals surface area contributed by atoms with E-state index in [0.29, 0.717) is 6.04 Å². The normalized spacial score (nSPS) is 13.1. The quantitative estimate of drug-likeness (QED) is 0.576. The highest BCUT2D eigenvalue weighted by molar-refractivity contribution is 5.00. The average Bonchev–Trinajstić information content (AvgIpc) is 2.30. The van der Waals surface area contributed by atoms with Gasteiger partial charge in [-0.15, -0.1) is 0 Å². The van der Waals surface area contributed by atoms with E-state index in [1.165, 1.54) is 31.4 Å². The molecule has 2 nitrogen and oxygen atoms in total. The summed E-state index contributed by atoms with van der Waals surface area (Å²) in [4.78, 5) is 2.56. The van der Waals surface area contributed by atoms with Crippen molar-refractivity contribution in [1.82, 2.24) is 10.2 Å². The maximum absolute atomic E-state index is 4.15. The Hall–Kier alpha value is -0.340. The van der Waals surface area contributed by atoms with Crippen LogP contribution in [0.3, 0.4) is 0 Å². The number of hydrogen-bond acceptors (Lipinski definition) is 2. The summed E-state index contributed by atoms with van der Waals surface area (Å²) in [7, 11) is 0. The molecule has 0 aliphatic carbocycles. The van der Waals surface area contributed by atoms with Crippen LogP contribution in [0.2, 0.25) is 0 Å². The Balaban J connectivity index is 4.03. The summed E-state index contributed by atoms with van der Waals surface area (Å²) in [5.74, 6) is 0. The van der Waals surface area contributed by atoms with Crippen LogP contribution in [0.15, 0.2) is 12.2 Å².